The Morgan fingerprint density at radius 2 is 2.06 bits per heavy atom. The summed E-state index contributed by atoms with van der Waals surface area (Å²) in [5.41, 5.74) is 3.77. The van der Waals surface area contributed by atoms with E-state index in [-0.39, 0.29) is 18.4 Å². The molecule has 0 fully saturated rings. The Kier molecular flexibility index (Phi) is 6.25. The molecule has 0 saturated carbocycles. The van der Waals surface area contributed by atoms with Gasteiger partial charge in [0.2, 0.25) is 11.6 Å². The Hall–Kier alpha value is -4.01. The third-order valence-electron chi connectivity index (χ3n) is 5.01. The number of carbonyl (C=O) groups is 1. The largest absolute Gasteiger partial charge is 0.495 e. The minimum Gasteiger partial charge on any atom is -0.495 e. The lowest BCUT2D eigenvalue weighted by Gasteiger charge is -2.16. The summed E-state index contributed by atoms with van der Waals surface area (Å²) in [4.78, 5) is 25.6. The number of aromatic nitrogens is 5. The number of carbonyl (C=O) groups excluding carboxylic acids is 1. The molecule has 3 heterocycles. The van der Waals surface area contributed by atoms with Crippen LogP contribution in [0.1, 0.15) is 31.1 Å². The third kappa shape index (κ3) is 5.00. The Labute approximate surface area is 185 Å². The second-order valence-electron chi connectivity index (χ2n) is 7.35. The van der Waals surface area contributed by atoms with Crippen LogP contribution in [0, 0.1) is 0 Å². The van der Waals surface area contributed by atoms with Crippen molar-refractivity contribution < 1.29 is 9.53 Å². The van der Waals surface area contributed by atoms with Gasteiger partial charge in [-0.05, 0) is 43.7 Å². The summed E-state index contributed by atoms with van der Waals surface area (Å²) in [6.07, 6.45) is 5.36. The molecule has 0 saturated heterocycles. The number of fused-ring (bicyclic) bond motifs is 1. The van der Waals surface area contributed by atoms with Crippen molar-refractivity contribution in [3.05, 3.63) is 66.2 Å². The zero-order valence-corrected chi connectivity index (χ0v) is 18.2. The second kappa shape index (κ2) is 9.42. The van der Waals surface area contributed by atoms with E-state index in [1.54, 1.807) is 31.6 Å². The SMILES string of the molecule is CCn1cc2ncc(N[C@@H](C)c3cccc(NC(=O)Cc4ccc(OC)cn4)c3)nc2n1. The first-order valence-corrected chi connectivity index (χ1v) is 10.4. The second-order valence-corrected chi connectivity index (χ2v) is 7.35. The maximum Gasteiger partial charge on any atom is 0.230 e. The van der Waals surface area contributed by atoms with E-state index in [0.29, 0.717) is 22.9 Å². The molecule has 1 amide bonds. The maximum atomic E-state index is 12.4. The number of benzene rings is 1. The minimum absolute atomic E-state index is 0.0462. The molecule has 0 radical (unpaired) electrons. The molecular weight excluding hydrogens is 406 g/mol. The van der Waals surface area contributed by atoms with E-state index in [9.17, 15) is 4.79 Å². The number of pyridine rings is 1. The maximum absolute atomic E-state index is 12.4. The average molecular weight is 432 g/mol. The number of methoxy groups -OCH3 is 1. The van der Waals surface area contributed by atoms with Gasteiger partial charge in [0.05, 0.1) is 38.2 Å². The van der Waals surface area contributed by atoms with Crippen molar-refractivity contribution in [1.29, 1.82) is 0 Å². The quantitative estimate of drug-likeness (QED) is 0.439. The Bertz CT molecular complexity index is 1220. The molecule has 1 aromatic carbocycles. The van der Waals surface area contributed by atoms with E-state index < -0.39 is 0 Å². The van der Waals surface area contributed by atoms with Gasteiger partial charge >= 0.3 is 0 Å². The number of amides is 1. The van der Waals surface area contributed by atoms with Crippen LogP contribution in [0.15, 0.2) is 55.0 Å². The lowest BCUT2D eigenvalue weighted by Crippen LogP contribution is -2.15. The van der Waals surface area contributed by atoms with Crippen molar-refractivity contribution in [3.63, 3.8) is 0 Å². The molecule has 32 heavy (non-hydrogen) atoms. The van der Waals surface area contributed by atoms with Gasteiger partial charge in [0.1, 0.15) is 17.1 Å². The van der Waals surface area contributed by atoms with Crippen molar-refractivity contribution in [3.8, 4) is 5.75 Å². The van der Waals surface area contributed by atoms with Crippen LogP contribution in [0.3, 0.4) is 0 Å². The predicted molar refractivity (Wildman–Crippen MR) is 123 cm³/mol. The summed E-state index contributed by atoms with van der Waals surface area (Å²) in [7, 11) is 1.58. The van der Waals surface area contributed by atoms with Gasteiger partial charge in [0.15, 0.2) is 0 Å². The number of hydrogen-bond donors (Lipinski definition) is 2. The third-order valence-corrected chi connectivity index (χ3v) is 5.01. The zero-order valence-electron chi connectivity index (χ0n) is 18.2. The first-order chi connectivity index (χ1) is 15.5. The van der Waals surface area contributed by atoms with E-state index in [1.165, 1.54) is 0 Å². The fraction of sp³-hybridized carbons (Fsp3) is 0.261. The van der Waals surface area contributed by atoms with Crippen molar-refractivity contribution >= 4 is 28.6 Å². The minimum atomic E-state index is -0.136. The standard InChI is InChI=1S/C23H25N7O2/c1-4-30-14-20-23(29-30)28-21(13-25-20)26-15(2)16-6-5-7-18(10-16)27-22(31)11-17-8-9-19(32-3)12-24-17/h5-10,12-15H,4,11H2,1-3H3,(H,27,31)(H,26,28,29)/t15-/m0/s1. The predicted octanol–water partition coefficient (Wildman–Crippen LogP) is 3.60. The molecule has 4 rings (SSSR count). The number of aryl methyl sites for hydroxylation is 1. The summed E-state index contributed by atoms with van der Waals surface area (Å²) >= 11 is 0. The summed E-state index contributed by atoms with van der Waals surface area (Å²) in [6.45, 7) is 4.81. The molecular formula is C23H25N7O2. The van der Waals surface area contributed by atoms with Crippen LogP contribution >= 0.6 is 0 Å². The highest BCUT2D eigenvalue weighted by Gasteiger charge is 2.11. The Morgan fingerprint density at radius 1 is 1.19 bits per heavy atom. The number of ether oxygens (including phenoxy) is 1. The highest BCUT2D eigenvalue weighted by Crippen LogP contribution is 2.22. The molecule has 2 N–H and O–H groups in total. The number of hydrogen-bond acceptors (Lipinski definition) is 7. The van der Waals surface area contributed by atoms with Gasteiger partial charge in [-0.3, -0.25) is 14.5 Å². The van der Waals surface area contributed by atoms with E-state index in [1.807, 2.05) is 49.0 Å². The van der Waals surface area contributed by atoms with E-state index >= 15 is 0 Å². The molecule has 3 aromatic heterocycles. The van der Waals surface area contributed by atoms with Crippen LogP contribution in [0.2, 0.25) is 0 Å². The molecule has 0 aliphatic carbocycles. The molecule has 4 aromatic rings. The molecule has 9 heteroatoms. The fourth-order valence-corrected chi connectivity index (χ4v) is 3.27. The number of nitrogens with zero attached hydrogens (tertiary/aromatic N) is 5. The van der Waals surface area contributed by atoms with Crippen LogP contribution in [0.5, 0.6) is 5.75 Å². The number of anilines is 2. The highest BCUT2D eigenvalue weighted by atomic mass is 16.5. The van der Waals surface area contributed by atoms with Crippen LogP contribution in [-0.2, 0) is 17.8 Å². The first-order valence-electron chi connectivity index (χ1n) is 10.4. The molecule has 0 aliphatic rings. The Morgan fingerprint density at radius 3 is 2.81 bits per heavy atom. The lowest BCUT2D eigenvalue weighted by atomic mass is 10.1. The van der Waals surface area contributed by atoms with Crippen LogP contribution < -0.4 is 15.4 Å². The molecule has 0 aliphatic heterocycles. The van der Waals surface area contributed by atoms with Gasteiger partial charge in [0.25, 0.3) is 0 Å². The normalized spacial score (nSPS) is 11.8. The van der Waals surface area contributed by atoms with E-state index in [2.05, 4.69) is 30.7 Å². The van der Waals surface area contributed by atoms with Gasteiger partial charge in [-0.2, -0.15) is 5.10 Å². The van der Waals surface area contributed by atoms with E-state index in [0.717, 1.165) is 23.3 Å². The Balaban J connectivity index is 1.40. The summed E-state index contributed by atoms with van der Waals surface area (Å²) in [6, 6.07) is 11.2. The van der Waals surface area contributed by atoms with Gasteiger partial charge in [-0.15, -0.1) is 0 Å². The van der Waals surface area contributed by atoms with Gasteiger partial charge in [-0.1, -0.05) is 12.1 Å². The van der Waals surface area contributed by atoms with Gasteiger partial charge in [0, 0.05) is 17.9 Å². The van der Waals surface area contributed by atoms with Crippen molar-refractivity contribution in [2.24, 2.45) is 0 Å². The van der Waals surface area contributed by atoms with Gasteiger partial charge < -0.3 is 15.4 Å². The highest BCUT2D eigenvalue weighted by molar-refractivity contribution is 5.92. The average Bonchev–Trinajstić information content (AvgIpc) is 3.22. The lowest BCUT2D eigenvalue weighted by molar-refractivity contribution is -0.115. The first kappa shape index (κ1) is 21.2. The molecule has 0 spiro atoms. The van der Waals surface area contributed by atoms with Crippen LogP contribution in [0.4, 0.5) is 11.5 Å². The molecule has 164 valence electrons. The van der Waals surface area contributed by atoms with Crippen LogP contribution in [-0.4, -0.2) is 37.7 Å². The summed E-state index contributed by atoms with van der Waals surface area (Å²) in [5, 5.41) is 10.7. The van der Waals surface area contributed by atoms with Crippen molar-refractivity contribution in [2.75, 3.05) is 17.7 Å². The van der Waals surface area contributed by atoms with E-state index in [4.69, 9.17) is 4.74 Å². The summed E-state index contributed by atoms with van der Waals surface area (Å²) in [5.74, 6) is 1.17. The monoisotopic (exact) mass is 431 g/mol. The molecule has 0 bridgehead atoms. The van der Waals surface area contributed by atoms with Crippen molar-refractivity contribution in [2.45, 2.75) is 32.9 Å². The zero-order chi connectivity index (χ0) is 22.5. The molecule has 9 nitrogen and oxygen atoms in total. The van der Waals surface area contributed by atoms with Crippen LogP contribution in [0.25, 0.3) is 11.2 Å². The molecule has 1 atom stereocenters. The topological polar surface area (TPSA) is 107 Å². The number of nitrogens with one attached hydrogen (secondary N) is 2. The fourth-order valence-electron chi connectivity index (χ4n) is 3.27. The summed E-state index contributed by atoms with van der Waals surface area (Å²) < 4.78 is 6.90. The molecule has 0 unspecified atom stereocenters. The smallest absolute Gasteiger partial charge is 0.230 e. The number of rotatable bonds is 8. The van der Waals surface area contributed by atoms with Gasteiger partial charge in [-0.25, -0.2) is 9.97 Å². The van der Waals surface area contributed by atoms with Crippen molar-refractivity contribution in [1.82, 2.24) is 24.7 Å².